The van der Waals surface area contributed by atoms with E-state index in [1.54, 1.807) is 35.2 Å². The van der Waals surface area contributed by atoms with Gasteiger partial charge in [-0.1, -0.05) is 18.7 Å². The van der Waals surface area contributed by atoms with Gasteiger partial charge in [0.25, 0.3) is 5.91 Å². The molecular formula is C16H20N2O3. The Morgan fingerprint density at radius 2 is 2.33 bits per heavy atom. The number of likely N-dealkylation sites (tertiary alicyclic amines) is 1. The highest BCUT2D eigenvalue weighted by atomic mass is 16.5. The van der Waals surface area contributed by atoms with E-state index in [-0.39, 0.29) is 11.8 Å². The number of carbonyl (C=O) groups is 2. The van der Waals surface area contributed by atoms with Crippen molar-refractivity contribution >= 4 is 11.8 Å². The topological polar surface area (TPSA) is 58.6 Å². The molecule has 5 heteroatoms. The van der Waals surface area contributed by atoms with E-state index < -0.39 is 0 Å². The standard InChI is InChI=1S/C16H20N2O3/c1-2-11-21-14-6-3-5-13(12-14)16(20)17-8-10-18-9-4-7-15(18)19/h2-3,5-6,12H,1,4,7-11H2,(H,17,20). The van der Waals surface area contributed by atoms with Crippen LogP contribution >= 0.6 is 0 Å². The van der Waals surface area contributed by atoms with Gasteiger partial charge in [-0.25, -0.2) is 0 Å². The highest BCUT2D eigenvalue weighted by Gasteiger charge is 2.19. The first-order valence-corrected chi connectivity index (χ1v) is 7.10. The molecule has 1 fully saturated rings. The number of rotatable bonds is 7. The van der Waals surface area contributed by atoms with Gasteiger partial charge in [0.2, 0.25) is 5.91 Å². The molecule has 1 aromatic carbocycles. The lowest BCUT2D eigenvalue weighted by molar-refractivity contribution is -0.127. The van der Waals surface area contributed by atoms with Gasteiger partial charge in [0.15, 0.2) is 0 Å². The van der Waals surface area contributed by atoms with Gasteiger partial charge < -0.3 is 15.0 Å². The molecular weight excluding hydrogens is 268 g/mol. The summed E-state index contributed by atoms with van der Waals surface area (Å²) in [6.07, 6.45) is 3.19. The van der Waals surface area contributed by atoms with E-state index in [9.17, 15) is 9.59 Å². The fourth-order valence-corrected chi connectivity index (χ4v) is 2.23. The number of nitrogens with zero attached hydrogens (tertiary/aromatic N) is 1. The lowest BCUT2D eigenvalue weighted by Crippen LogP contribution is -2.35. The Balaban J connectivity index is 1.82. The maximum Gasteiger partial charge on any atom is 0.251 e. The third-order valence-electron chi connectivity index (χ3n) is 3.30. The Labute approximate surface area is 124 Å². The molecule has 2 rings (SSSR count). The largest absolute Gasteiger partial charge is 0.490 e. The molecule has 0 spiro atoms. The predicted octanol–water partition coefficient (Wildman–Crippen LogP) is 1.60. The van der Waals surface area contributed by atoms with Gasteiger partial charge in [-0.2, -0.15) is 0 Å². The maximum atomic E-state index is 12.0. The van der Waals surface area contributed by atoms with Crippen LogP contribution in [0, 0.1) is 0 Å². The van der Waals surface area contributed by atoms with E-state index in [0.29, 0.717) is 37.4 Å². The molecule has 1 heterocycles. The Hall–Kier alpha value is -2.30. The van der Waals surface area contributed by atoms with Gasteiger partial charge in [-0.05, 0) is 24.6 Å². The summed E-state index contributed by atoms with van der Waals surface area (Å²) in [5, 5.41) is 2.82. The Bertz CT molecular complexity index is 528. The molecule has 0 radical (unpaired) electrons. The molecule has 0 atom stereocenters. The summed E-state index contributed by atoms with van der Waals surface area (Å²) in [7, 11) is 0. The van der Waals surface area contributed by atoms with Crippen molar-refractivity contribution in [1.29, 1.82) is 0 Å². The monoisotopic (exact) mass is 288 g/mol. The second-order valence-electron chi connectivity index (χ2n) is 4.87. The molecule has 1 aliphatic heterocycles. The van der Waals surface area contributed by atoms with Gasteiger partial charge in [0.1, 0.15) is 12.4 Å². The Kier molecular flexibility index (Phi) is 5.37. The summed E-state index contributed by atoms with van der Waals surface area (Å²) in [6.45, 7) is 5.80. The molecule has 5 nitrogen and oxygen atoms in total. The predicted molar refractivity (Wildman–Crippen MR) is 80.3 cm³/mol. The molecule has 0 bridgehead atoms. The maximum absolute atomic E-state index is 12.0. The third-order valence-corrected chi connectivity index (χ3v) is 3.30. The Morgan fingerprint density at radius 1 is 1.48 bits per heavy atom. The van der Waals surface area contributed by atoms with Gasteiger partial charge in [-0.15, -0.1) is 0 Å². The number of benzene rings is 1. The van der Waals surface area contributed by atoms with Crippen LogP contribution in [-0.2, 0) is 4.79 Å². The third kappa shape index (κ3) is 4.34. The lowest BCUT2D eigenvalue weighted by atomic mass is 10.2. The van der Waals surface area contributed by atoms with Gasteiger partial charge >= 0.3 is 0 Å². The van der Waals surface area contributed by atoms with E-state index in [1.807, 2.05) is 0 Å². The average Bonchev–Trinajstić information content (AvgIpc) is 2.91. The van der Waals surface area contributed by atoms with Crippen LogP contribution in [0.3, 0.4) is 0 Å². The molecule has 1 saturated heterocycles. The van der Waals surface area contributed by atoms with E-state index >= 15 is 0 Å². The van der Waals surface area contributed by atoms with Crippen LogP contribution in [0.1, 0.15) is 23.2 Å². The number of amides is 2. The minimum atomic E-state index is -0.161. The molecule has 2 amide bonds. The van der Waals surface area contributed by atoms with E-state index in [2.05, 4.69) is 11.9 Å². The zero-order valence-electron chi connectivity index (χ0n) is 12.0. The number of hydrogen-bond acceptors (Lipinski definition) is 3. The number of hydrogen-bond donors (Lipinski definition) is 1. The van der Waals surface area contributed by atoms with Crippen LogP contribution in [0.15, 0.2) is 36.9 Å². The molecule has 0 aromatic heterocycles. The van der Waals surface area contributed by atoms with Crippen molar-refractivity contribution in [2.45, 2.75) is 12.8 Å². The van der Waals surface area contributed by atoms with Crippen LogP contribution in [-0.4, -0.2) is 43.0 Å². The molecule has 0 saturated carbocycles. The summed E-state index contributed by atoms with van der Waals surface area (Å²) in [5.74, 6) is 0.645. The zero-order valence-corrected chi connectivity index (χ0v) is 12.0. The van der Waals surface area contributed by atoms with Crippen molar-refractivity contribution in [1.82, 2.24) is 10.2 Å². The van der Waals surface area contributed by atoms with E-state index in [0.717, 1.165) is 13.0 Å². The summed E-state index contributed by atoms with van der Waals surface area (Å²) in [5.41, 5.74) is 0.546. The summed E-state index contributed by atoms with van der Waals surface area (Å²) < 4.78 is 5.39. The number of carbonyl (C=O) groups excluding carboxylic acids is 2. The molecule has 21 heavy (non-hydrogen) atoms. The Morgan fingerprint density at radius 3 is 3.05 bits per heavy atom. The first kappa shape index (κ1) is 15.1. The fraction of sp³-hybridized carbons (Fsp3) is 0.375. The van der Waals surface area contributed by atoms with Crippen LogP contribution < -0.4 is 10.1 Å². The molecule has 1 aromatic rings. The van der Waals surface area contributed by atoms with Crippen molar-refractivity contribution in [2.75, 3.05) is 26.2 Å². The summed E-state index contributed by atoms with van der Waals surface area (Å²) in [6, 6.07) is 7.00. The van der Waals surface area contributed by atoms with Crippen LogP contribution in [0.25, 0.3) is 0 Å². The zero-order chi connectivity index (χ0) is 15.1. The SMILES string of the molecule is C=CCOc1cccc(C(=O)NCCN2CCCC2=O)c1. The number of nitrogens with one attached hydrogen (secondary N) is 1. The summed E-state index contributed by atoms with van der Waals surface area (Å²) >= 11 is 0. The second-order valence-corrected chi connectivity index (χ2v) is 4.87. The lowest BCUT2D eigenvalue weighted by Gasteiger charge is -2.15. The minimum absolute atomic E-state index is 0.161. The van der Waals surface area contributed by atoms with E-state index in [4.69, 9.17) is 4.74 Å². The smallest absolute Gasteiger partial charge is 0.251 e. The van der Waals surface area contributed by atoms with Crippen molar-refractivity contribution < 1.29 is 14.3 Å². The quantitative estimate of drug-likeness (QED) is 0.775. The van der Waals surface area contributed by atoms with Crippen LogP contribution in [0.5, 0.6) is 5.75 Å². The van der Waals surface area contributed by atoms with Crippen molar-refractivity contribution in [3.05, 3.63) is 42.5 Å². The van der Waals surface area contributed by atoms with Gasteiger partial charge in [0, 0.05) is 31.6 Å². The first-order chi connectivity index (χ1) is 10.2. The second kappa shape index (κ2) is 7.47. The average molecular weight is 288 g/mol. The highest BCUT2D eigenvalue weighted by molar-refractivity contribution is 5.94. The summed E-state index contributed by atoms with van der Waals surface area (Å²) in [4.78, 5) is 25.3. The first-order valence-electron chi connectivity index (χ1n) is 7.10. The van der Waals surface area contributed by atoms with Crippen molar-refractivity contribution in [2.24, 2.45) is 0 Å². The van der Waals surface area contributed by atoms with Crippen molar-refractivity contribution in [3.8, 4) is 5.75 Å². The normalized spacial score (nSPS) is 14.1. The van der Waals surface area contributed by atoms with Gasteiger partial charge in [-0.3, -0.25) is 9.59 Å². The van der Waals surface area contributed by atoms with E-state index in [1.165, 1.54) is 0 Å². The molecule has 1 aliphatic rings. The minimum Gasteiger partial charge on any atom is -0.490 e. The van der Waals surface area contributed by atoms with Crippen LogP contribution in [0.2, 0.25) is 0 Å². The molecule has 0 aliphatic carbocycles. The molecule has 112 valence electrons. The number of ether oxygens (including phenoxy) is 1. The highest BCUT2D eigenvalue weighted by Crippen LogP contribution is 2.13. The fourth-order valence-electron chi connectivity index (χ4n) is 2.23. The molecule has 0 unspecified atom stereocenters. The van der Waals surface area contributed by atoms with Crippen molar-refractivity contribution in [3.63, 3.8) is 0 Å². The molecule has 1 N–H and O–H groups in total. The van der Waals surface area contributed by atoms with Gasteiger partial charge in [0.05, 0.1) is 0 Å². The van der Waals surface area contributed by atoms with Crippen LogP contribution in [0.4, 0.5) is 0 Å².